The Morgan fingerprint density at radius 2 is 1.75 bits per heavy atom. The lowest BCUT2D eigenvalue weighted by atomic mass is 10.1. The van der Waals surface area contributed by atoms with Gasteiger partial charge in [-0.1, -0.05) is 42.5 Å². The molecule has 0 unspecified atom stereocenters. The molecule has 0 fully saturated rings. The number of carbonyl (C=O) groups is 1. The molecular weight excluding hydrogens is 350 g/mol. The van der Waals surface area contributed by atoms with E-state index in [9.17, 15) is 4.79 Å². The van der Waals surface area contributed by atoms with Gasteiger partial charge in [0.25, 0.3) is 0 Å². The van der Waals surface area contributed by atoms with E-state index in [2.05, 4.69) is 10.4 Å². The third kappa shape index (κ3) is 4.56. The minimum atomic E-state index is -0.140. The Hall–Kier alpha value is -3.18. The highest BCUT2D eigenvalue weighted by atomic mass is 16.5. The normalized spacial score (nSPS) is 11.1. The Kier molecular flexibility index (Phi) is 6.40. The smallest absolute Gasteiger partial charge is 0.244 e. The largest absolute Gasteiger partial charge is 0.380 e. The van der Waals surface area contributed by atoms with Gasteiger partial charge >= 0.3 is 0 Å². The second-order valence-corrected chi connectivity index (χ2v) is 6.58. The van der Waals surface area contributed by atoms with Crippen LogP contribution in [0.1, 0.15) is 28.1 Å². The van der Waals surface area contributed by atoms with E-state index in [1.807, 2.05) is 79.2 Å². The summed E-state index contributed by atoms with van der Waals surface area (Å²) in [6.45, 7) is 4.94. The standard InChI is InChI=1S/C23H25N3O2/c1-17-22(18(2)26(25-17)21-11-5-4-6-12-21)13-14-23(27)24-15-19-9-7-8-10-20(19)16-28-3/h4-14H,15-16H2,1-3H3,(H,24,27)/b14-13+. The maximum Gasteiger partial charge on any atom is 0.244 e. The van der Waals surface area contributed by atoms with Crippen molar-refractivity contribution in [3.05, 3.63) is 88.8 Å². The van der Waals surface area contributed by atoms with Crippen molar-refractivity contribution >= 4 is 12.0 Å². The van der Waals surface area contributed by atoms with Crippen LogP contribution in [-0.2, 0) is 22.7 Å². The molecule has 5 nitrogen and oxygen atoms in total. The molecule has 0 saturated carbocycles. The number of carbonyl (C=O) groups excluding carboxylic acids is 1. The van der Waals surface area contributed by atoms with Gasteiger partial charge in [-0.25, -0.2) is 4.68 Å². The van der Waals surface area contributed by atoms with Gasteiger partial charge in [0.1, 0.15) is 0 Å². The van der Waals surface area contributed by atoms with Crippen LogP contribution < -0.4 is 5.32 Å². The predicted octanol–water partition coefficient (Wildman–Crippen LogP) is 3.97. The van der Waals surface area contributed by atoms with Gasteiger partial charge in [0.05, 0.1) is 18.0 Å². The van der Waals surface area contributed by atoms with Crippen molar-refractivity contribution in [1.29, 1.82) is 0 Å². The first-order chi connectivity index (χ1) is 13.6. The Balaban J connectivity index is 1.69. The molecule has 0 atom stereocenters. The SMILES string of the molecule is COCc1ccccc1CNC(=O)/C=C/c1c(C)nn(-c2ccccc2)c1C. The number of ether oxygens (including phenoxy) is 1. The zero-order chi connectivity index (χ0) is 19.9. The summed E-state index contributed by atoms with van der Waals surface area (Å²) >= 11 is 0. The highest BCUT2D eigenvalue weighted by molar-refractivity contribution is 5.92. The Bertz CT molecular complexity index is 975. The molecule has 3 aromatic rings. The van der Waals surface area contributed by atoms with Gasteiger partial charge in [0, 0.05) is 31.0 Å². The number of nitrogens with one attached hydrogen (secondary N) is 1. The zero-order valence-electron chi connectivity index (χ0n) is 16.5. The Morgan fingerprint density at radius 1 is 1.07 bits per heavy atom. The van der Waals surface area contributed by atoms with Gasteiger partial charge in [0.15, 0.2) is 0 Å². The molecule has 1 N–H and O–H groups in total. The van der Waals surface area contributed by atoms with Crippen molar-refractivity contribution in [2.45, 2.75) is 27.0 Å². The second-order valence-electron chi connectivity index (χ2n) is 6.58. The maximum atomic E-state index is 12.3. The third-order valence-electron chi connectivity index (χ3n) is 4.62. The van der Waals surface area contributed by atoms with Crippen LogP contribution in [0.5, 0.6) is 0 Å². The molecule has 0 aliphatic rings. The lowest BCUT2D eigenvalue weighted by Crippen LogP contribution is -2.21. The second kappa shape index (κ2) is 9.15. The molecule has 1 amide bonds. The summed E-state index contributed by atoms with van der Waals surface area (Å²) in [6, 6.07) is 17.9. The molecule has 2 aromatic carbocycles. The maximum absolute atomic E-state index is 12.3. The van der Waals surface area contributed by atoms with E-state index >= 15 is 0 Å². The molecule has 5 heteroatoms. The molecule has 3 rings (SSSR count). The molecule has 0 aliphatic heterocycles. The number of aryl methyl sites for hydroxylation is 1. The molecule has 0 radical (unpaired) electrons. The van der Waals surface area contributed by atoms with Gasteiger partial charge in [-0.3, -0.25) is 4.79 Å². The summed E-state index contributed by atoms with van der Waals surface area (Å²) in [7, 11) is 1.67. The number of aromatic nitrogens is 2. The van der Waals surface area contributed by atoms with Gasteiger partial charge in [0.2, 0.25) is 5.91 Å². The monoisotopic (exact) mass is 375 g/mol. The average Bonchev–Trinajstić information content (AvgIpc) is 3.00. The summed E-state index contributed by atoms with van der Waals surface area (Å²) in [5, 5.41) is 7.54. The van der Waals surface area contributed by atoms with Crippen molar-refractivity contribution in [1.82, 2.24) is 15.1 Å². The minimum Gasteiger partial charge on any atom is -0.380 e. The van der Waals surface area contributed by atoms with Crippen molar-refractivity contribution in [2.24, 2.45) is 0 Å². The molecule has 0 bridgehead atoms. The highest BCUT2D eigenvalue weighted by Gasteiger charge is 2.11. The zero-order valence-corrected chi connectivity index (χ0v) is 16.5. The Labute approximate surface area is 165 Å². The fourth-order valence-electron chi connectivity index (χ4n) is 3.14. The minimum absolute atomic E-state index is 0.140. The Morgan fingerprint density at radius 3 is 2.46 bits per heavy atom. The quantitative estimate of drug-likeness (QED) is 0.636. The van der Waals surface area contributed by atoms with E-state index in [1.54, 1.807) is 13.2 Å². The fraction of sp³-hybridized carbons (Fsp3) is 0.217. The number of benzene rings is 2. The molecule has 28 heavy (non-hydrogen) atoms. The first-order valence-corrected chi connectivity index (χ1v) is 9.23. The number of rotatable bonds is 7. The van der Waals surface area contributed by atoms with Crippen LogP contribution in [0.3, 0.4) is 0 Å². The van der Waals surface area contributed by atoms with Crippen LogP contribution in [0.4, 0.5) is 0 Å². The highest BCUT2D eigenvalue weighted by Crippen LogP contribution is 2.19. The van der Waals surface area contributed by atoms with Crippen molar-refractivity contribution in [3.8, 4) is 5.69 Å². The van der Waals surface area contributed by atoms with E-state index in [1.165, 1.54) is 0 Å². The lowest BCUT2D eigenvalue weighted by Gasteiger charge is -2.09. The molecule has 1 heterocycles. The number of amides is 1. The van der Waals surface area contributed by atoms with E-state index in [0.717, 1.165) is 33.8 Å². The molecule has 0 spiro atoms. The third-order valence-corrected chi connectivity index (χ3v) is 4.62. The predicted molar refractivity (Wildman–Crippen MR) is 111 cm³/mol. The van der Waals surface area contributed by atoms with E-state index in [4.69, 9.17) is 4.74 Å². The molecule has 1 aromatic heterocycles. The van der Waals surface area contributed by atoms with Crippen molar-refractivity contribution < 1.29 is 9.53 Å². The molecular formula is C23H25N3O2. The average molecular weight is 375 g/mol. The summed E-state index contributed by atoms with van der Waals surface area (Å²) in [4.78, 5) is 12.3. The van der Waals surface area contributed by atoms with E-state index in [-0.39, 0.29) is 5.91 Å². The van der Waals surface area contributed by atoms with E-state index < -0.39 is 0 Å². The van der Waals surface area contributed by atoms with E-state index in [0.29, 0.717) is 13.2 Å². The van der Waals surface area contributed by atoms with Crippen LogP contribution in [0, 0.1) is 13.8 Å². The molecule has 0 saturated heterocycles. The number of hydrogen-bond acceptors (Lipinski definition) is 3. The van der Waals surface area contributed by atoms with Crippen molar-refractivity contribution in [3.63, 3.8) is 0 Å². The van der Waals surface area contributed by atoms with Gasteiger partial charge in [-0.2, -0.15) is 5.10 Å². The number of para-hydroxylation sites is 1. The van der Waals surface area contributed by atoms with Crippen LogP contribution in [0.15, 0.2) is 60.7 Å². The van der Waals surface area contributed by atoms with Crippen LogP contribution in [0.25, 0.3) is 11.8 Å². The summed E-state index contributed by atoms with van der Waals surface area (Å²) in [5.74, 6) is -0.140. The summed E-state index contributed by atoms with van der Waals surface area (Å²) in [5.41, 5.74) is 5.97. The van der Waals surface area contributed by atoms with Crippen LogP contribution in [0.2, 0.25) is 0 Å². The lowest BCUT2D eigenvalue weighted by molar-refractivity contribution is -0.116. The first kappa shape index (κ1) is 19.6. The van der Waals surface area contributed by atoms with Crippen LogP contribution in [-0.4, -0.2) is 22.8 Å². The fourth-order valence-corrected chi connectivity index (χ4v) is 3.14. The van der Waals surface area contributed by atoms with Crippen molar-refractivity contribution in [2.75, 3.05) is 7.11 Å². The van der Waals surface area contributed by atoms with Gasteiger partial charge in [-0.05, 0) is 43.2 Å². The van der Waals surface area contributed by atoms with Gasteiger partial charge < -0.3 is 10.1 Å². The molecule has 144 valence electrons. The molecule has 0 aliphatic carbocycles. The van der Waals surface area contributed by atoms with Crippen LogP contribution >= 0.6 is 0 Å². The summed E-state index contributed by atoms with van der Waals surface area (Å²) in [6.07, 6.45) is 3.39. The summed E-state index contributed by atoms with van der Waals surface area (Å²) < 4.78 is 7.11. The van der Waals surface area contributed by atoms with Gasteiger partial charge in [-0.15, -0.1) is 0 Å². The number of methoxy groups -OCH3 is 1. The number of hydrogen-bond donors (Lipinski definition) is 1. The number of nitrogens with zero attached hydrogens (tertiary/aromatic N) is 2. The topological polar surface area (TPSA) is 56.1 Å². The first-order valence-electron chi connectivity index (χ1n) is 9.23.